The molecule has 1 unspecified atom stereocenters. The first kappa shape index (κ1) is 18.2. The van der Waals surface area contributed by atoms with E-state index in [0.717, 1.165) is 0 Å². The van der Waals surface area contributed by atoms with E-state index < -0.39 is 10.9 Å². The second-order valence-electron chi connectivity index (χ2n) is 5.17. The fourth-order valence-corrected chi connectivity index (χ4v) is 2.71. The predicted octanol–water partition coefficient (Wildman–Crippen LogP) is 2.58. The van der Waals surface area contributed by atoms with Gasteiger partial charge in [0.1, 0.15) is 5.75 Å². The molecule has 0 aliphatic carbocycles. The van der Waals surface area contributed by atoms with Crippen molar-refractivity contribution in [1.29, 1.82) is 0 Å². The highest BCUT2D eigenvalue weighted by Gasteiger charge is 2.29. The molecule has 0 radical (unpaired) electrons. The lowest BCUT2D eigenvalue weighted by atomic mass is 10.2. The van der Waals surface area contributed by atoms with Crippen molar-refractivity contribution in [1.82, 2.24) is 9.80 Å². The quantitative estimate of drug-likeness (QED) is 0.756. The highest BCUT2D eigenvalue weighted by atomic mass is 35.5. The number of benzene rings is 1. The molecule has 1 aliphatic heterocycles. The van der Waals surface area contributed by atoms with Crippen LogP contribution in [-0.2, 0) is 9.59 Å². The molecule has 1 fully saturated rings. The average Bonchev–Trinajstić information content (AvgIpc) is 2.55. The maximum Gasteiger partial charge on any atom is 0.263 e. The van der Waals surface area contributed by atoms with Gasteiger partial charge in [0.25, 0.3) is 11.8 Å². The van der Waals surface area contributed by atoms with Gasteiger partial charge in [-0.15, -0.1) is 0 Å². The minimum atomic E-state index is -1.07. The van der Waals surface area contributed by atoms with Crippen molar-refractivity contribution in [3.8, 4) is 5.75 Å². The molecule has 2 rings (SSSR count). The number of alkyl halides is 2. The number of amides is 2. The minimum absolute atomic E-state index is 0.125. The zero-order valence-electron chi connectivity index (χ0n) is 12.5. The van der Waals surface area contributed by atoms with Gasteiger partial charge in [0.2, 0.25) is 0 Å². The van der Waals surface area contributed by atoms with E-state index in [0.29, 0.717) is 37.0 Å². The molecular weight excluding hydrogens is 363 g/mol. The maximum atomic E-state index is 12.4. The van der Waals surface area contributed by atoms with Gasteiger partial charge in [-0.1, -0.05) is 34.8 Å². The lowest BCUT2D eigenvalue weighted by molar-refractivity contribution is -0.143. The zero-order valence-corrected chi connectivity index (χ0v) is 14.8. The van der Waals surface area contributed by atoms with Gasteiger partial charge >= 0.3 is 0 Å². The Balaban J connectivity index is 1.86. The summed E-state index contributed by atoms with van der Waals surface area (Å²) in [6.45, 7) is 3.38. The SMILES string of the molecule is CC(Oc1ccc(Cl)cc1)C(=O)N1CCN(C(=O)C(Cl)Cl)CC1. The molecule has 1 atom stereocenters. The molecule has 8 heteroatoms. The van der Waals surface area contributed by atoms with Crippen molar-refractivity contribution in [3.63, 3.8) is 0 Å². The van der Waals surface area contributed by atoms with E-state index in [2.05, 4.69) is 0 Å². The largest absolute Gasteiger partial charge is 0.481 e. The molecule has 5 nitrogen and oxygen atoms in total. The smallest absolute Gasteiger partial charge is 0.263 e. The molecule has 1 aromatic carbocycles. The summed E-state index contributed by atoms with van der Waals surface area (Å²) in [5.74, 6) is 0.127. The van der Waals surface area contributed by atoms with Gasteiger partial charge in [-0.25, -0.2) is 0 Å². The van der Waals surface area contributed by atoms with Crippen LogP contribution in [0.5, 0.6) is 5.75 Å². The van der Waals surface area contributed by atoms with Crippen LogP contribution in [0.1, 0.15) is 6.92 Å². The molecule has 1 aliphatic rings. The molecule has 2 amide bonds. The molecule has 126 valence electrons. The van der Waals surface area contributed by atoms with Crippen molar-refractivity contribution in [2.24, 2.45) is 0 Å². The Morgan fingerprint density at radius 3 is 1.96 bits per heavy atom. The Hall–Kier alpha value is -1.17. The standard InChI is InChI=1S/C15H17Cl3N2O3/c1-10(23-12-4-2-11(16)3-5-12)14(21)19-6-8-20(9-7-19)15(22)13(17)18/h2-5,10,13H,6-9H2,1H3. The van der Waals surface area contributed by atoms with E-state index in [1.54, 1.807) is 41.0 Å². The maximum absolute atomic E-state index is 12.4. The van der Waals surface area contributed by atoms with Crippen molar-refractivity contribution in [3.05, 3.63) is 29.3 Å². The Labute approximate surface area is 150 Å². The number of ether oxygens (including phenoxy) is 1. The number of hydrogen-bond donors (Lipinski definition) is 0. The second-order valence-corrected chi connectivity index (χ2v) is 6.70. The van der Waals surface area contributed by atoms with Gasteiger partial charge < -0.3 is 14.5 Å². The van der Waals surface area contributed by atoms with Crippen molar-refractivity contribution in [2.75, 3.05) is 26.2 Å². The summed E-state index contributed by atoms with van der Waals surface area (Å²) < 4.78 is 5.62. The van der Waals surface area contributed by atoms with E-state index in [4.69, 9.17) is 39.5 Å². The molecule has 0 spiro atoms. The molecule has 0 aromatic heterocycles. The Morgan fingerprint density at radius 2 is 1.48 bits per heavy atom. The van der Waals surface area contributed by atoms with Crippen LogP contribution < -0.4 is 4.74 Å². The van der Waals surface area contributed by atoms with Crippen LogP contribution in [0.2, 0.25) is 5.02 Å². The number of rotatable bonds is 4. The van der Waals surface area contributed by atoms with Crippen molar-refractivity contribution >= 4 is 46.6 Å². The first-order chi connectivity index (χ1) is 10.9. The summed E-state index contributed by atoms with van der Waals surface area (Å²) in [6, 6.07) is 6.83. The first-order valence-electron chi connectivity index (χ1n) is 7.16. The molecule has 1 heterocycles. The molecule has 1 saturated heterocycles. The van der Waals surface area contributed by atoms with Crippen LogP contribution in [0.25, 0.3) is 0 Å². The highest BCUT2D eigenvalue weighted by molar-refractivity contribution is 6.53. The lowest BCUT2D eigenvalue weighted by Crippen LogP contribution is -2.54. The Kier molecular flexibility index (Phi) is 6.39. The van der Waals surface area contributed by atoms with E-state index in [1.165, 1.54) is 0 Å². The summed E-state index contributed by atoms with van der Waals surface area (Å²) in [5, 5.41) is 0.606. The number of halogens is 3. The molecular formula is C15H17Cl3N2O3. The lowest BCUT2D eigenvalue weighted by Gasteiger charge is -2.36. The first-order valence-corrected chi connectivity index (χ1v) is 8.41. The van der Waals surface area contributed by atoms with E-state index >= 15 is 0 Å². The summed E-state index contributed by atoms with van der Waals surface area (Å²) in [5.41, 5.74) is 0. The fraction of sp³-hybridized carbons (Fsp3) is 0.467. The number of carbonyl (C=O) groups excluding carboxylic acids is 2. The highest BCUT2D eigenvalue weighted by Crippen LogP contribution is 2.18. The van der Waals surface area contributed by atoms with Crippen LogP contribution in [0.3, 0.4) is 0 Å². The zero-order chi connectivity index (χ0) is 17.0. The molecule has 23 heavy (non-hydrogen) atoms. The molecule has 1 aromatic rings. The van der Waals surface area contributed by atoms with Gasteiger partial charge in [-0.2, -0.15) is 0 Å². The van der Waals surface area contributed by atoms with E-state index in [1.807, 2.05) is 0 Å². The van der Waals surface area contributed by atoms with Crippen LogP contribution in [0, 0.1) is 0 Å². The average molecular weight is 380 g/mol. The summed E-state index contributed by atoms with van der Waals surface area (Å²) in [7, 11) is 0. The van der Waals surface area contributed by atoms with Gasteiger partial charge in [0, 0.05) is 31.2 Å². The molecule has 0 N–H and O–H groups in total. The van der Waals surface area contributed by atoms with Crippen LogP contribution in [0.15, 0.2) is 24.3 Å². The van der Waals surface area contributed by atoms with Crippen LogP contribution in [-0.4, -0.2) is 58.7 Å². The fourth-order valence-electron chi connectivity index (χ4n) is 2.31. The number of nitrogens with zero attached hydrogens (tertiary/aromatic N) is 2. The summed E-state index contributed by atoms with van der Waals surface area (Å²) >= 11 is 17.0. The van der Waals surface area contributed by atoms with E-state index in [-0.39, 0.29) is 11.8 Å². The third kappa shape index (κ3) is 4.90. The number of hydrogen-bond acceptors (Lipinski definition) is 3. The van der Waals surface area contributed by atoms with Gasteiger partial charge in [0.05, 0.1) is 0 Å². The van der Waals surface area contributed by atoms with Crippen molar-refractivity contribution in [2.45, 2.75) is 17.9 Å². The number of piperazine rings is 1. The third-order valence-corrected chi connectivity index (χ3v) is 4.19. The topological polar surface area (TPSA) is 49.9 Å². The molecule has 0 bridgehead atoms. The van der Waals surface area contributed by atoms with Gasteiger partial charge in [-0.3, -0.25) is 9.59 Å². The normalized spacial score (nSPS) is 16.4. The number of carbonyl (C=O) groups is 2. The van der Waals surface area contributed by atoms with E-state index in [9.17, 15) is 9.59 Å². The van der Waals surface area contributed by atoms with Crippen LogP contribution in [0.4, 0.5) is 0 Å². The monoisotopic (exact) mass is 378 g/mol. The Morgan fingerprint density at radius 1 is 1.00 bits per heavy atom. The minimum Gasteiger partial charge on any atom is -0.481 e. The molecule has 0 saturated carbocycles. The van der Waals surface area contributed by atoms with Gasteiger partial charge in [0.15, 0.2) is 10.9 Å². The Bertz CT molecular complexity index is 558. The summed E-state index contributed by atoms with van der Waals surface area (Å²) in [4.78, 5) is 26.3. The van der Waals surface area contributed by atoms with Gasteiger partial charge in [-0.05, 0) is 31.2 Å². The third-order valence-electron chi connectivity index (χ3n) is 3.56. The second kappa shape index (κ2) is 8.08. The van der Waals surface area contributed by atoms with Crippen molar-refractivity contribution < 1.29 is 14.3 Å². The van der Waals surface area contributed by atoms with Crippen LogP contribution >= 0.6 is 34.8 Å². The summed E-state index contributed by atoms with van der Waals surface area (Å²) in [6.07, 6.45) is -0.618. The predicted molar refractivity (Wildman–Crippen MR) is 90.2 cm³/mol.